The minimum atomic E-state index is -0.605. The predicted octanol–water partition coefficient (Wildman–Crippen LogP) is 6.03. The SMILES string of the molecule is O=C(Nc1cncc(-c2ncc3[nH]nc(-c4nc5c(-c6cccc(F)c6)cncc5[nH]4)c3c2F)c1)C1CCCC1. The van der Waals surface area contributed by atoms with E-state index < -0.39 is 5.82 Å². The molecule has 1 amide bonds. The van der Waals surface area contributed by atoms with Crippen molar-refractivity contribution in [3.8, 4) is 33.9 Å². The molecule has 3 N–H and O–H groups in total. The summed E-state index contributed by atoms with van der Waals surface area (Å²) >= 11 is 0. The first kappa shape index (κ1) is 24.0. The quantitative estimate of drug-likeness (QED) is 0.247. The standard InChI is InChI=1S/C29H22F2N8O/c30-18-7-3-6-16(8-18)20-12-33-13-22-26(20)37-28(36-22)27-23-21(38-39-27)14-34-25(24(23)31)17-9-19(11-32-10-17)35-29(40)15-4-1-2-5-15/h3,6-15H,1-2,4-5H2,(H,35,40)(H,36,37)(H,38,39). The van der Waals surface area contributed by atoms with Gasteiger partial charge in [0, 0.05) is 29.4 Å². The highest BCUT2D eigenvalue weighted by atomic mass is 19.1. The van der Waals surface area contributed by atoms with E-state index >= 15 is 4.39 Å². The lowest BCUT2D eigenvalue weighted by Crippen LogP contribution is -2.20. The third-order valence-corrected chi connectivity index (χ3v) is 7.30. The van der Waals surface area contributed by atoms with Gasteiger partial charge in [-0.1, -0.05) is 25.0 Å². The Morgan fingerprint density at radius 1 is 0.925 bits per heavy atom. The first-order valence-electron chi connectivity index (χ1n) is 12.9. The number of nitrogens with zero attached hydrogens (tertiary/aromatic N) is 5. The Balaban J connectivity index is 1.28. The number of hydrogen-bond donors (Lipinski definition) is 3. The molecule has 5 heterocycles. The second-order valence-corrected chi connectivity index (χ2v) is 9.89. The molecule has 1 aromatic carbocycles. The van der Waals surface area contributed by atoms with Crippen molar-refractivity contribution in [1.29, 1.82) is 0 Å². The van der Waals surface area contributed by atoms with Crippen molar-refractivity contribution >= 4 is 33.5 Å². The summed E-state index contributed by atoms with van der Waals surface area (Å²) in [5.74, 6) is -0.717. The number of pyridine rings is 3. The normalized spacial score (nSPS) is 13.8. The molecule has 198 valence electrons. The van der Waals surface area contributed by atoms with E-state index in [0.717, 1.165) is 25.7 Å². The van der Waals surface area contributed by atoms with Crippen LogP contribution in [0.1, 0.15) is 25.7 Å². The van der Waals surface area contributed by atoms with Crippen molar-refractivity contribution in [2.24, 2.45) is 5.92 Å². The van der Waals surface area contributed by atoms with E-state index in [1.165, 1.54) is 30.7 Å². The Labute approximate surface area is 226 Å². The van der Waals surface area contributed by atoms with E-state index in [-0.39, 0.29) is 34.4 Å². The fourth-order valence-corrected chi connectivity index (χ4v) is 5.33. The van der Waals surface area contributed by atoms with E-state index in [4.69, 9.17) is 4.98 Å². The molecule has 1 fully saturated rings. The monoisotopic (exact) mass is 536 g/mol. The summed E-state index contributed by atoms with van der Waals surface area (Å²) in [6.07, 6.45) is 11.6. The second kappa shape index (κ2) is 9.60. The lowest BCUT2D eigenvalue weighted by molar-refractivity contribution is -0.119. The van der Waals surface area contributed by atoms with E-state index in [2.05, 4.69) is 35.5 Å². The molecule has 0 aliphatic heterocycles. The summed E-state index contributed by atoms with van der Waals surface area (Å²) in [7, 11) is 0. The number of carbonyl (C=O) groups excluding carboxylic acids is 1. The van der Waals surface area contributed by atoms with Crippen LogP contribution in [0.2, 0.25) is 0 Å². The number of imidazole rings is 1. The van der Waals surface area contributed by atoms with Gasteiger partial charge in [0.15, 0.2) is 11.6 Å². The van der Waals surface area contributed by atoms with Gasteiger partial charge >= 0.3 is 0 Å². The van der Waals surface area contributed by atoms with Gasteiger partial charge < -0.3 is 10.3 Å². The van der Waals surface area contributed by atoms with Crippen LogP contribution in [-0.2, 0) is 4.79 Å². The van der Waals surface area contributed by atoms with Crippen molar-refractivity contribution in [2.75, 3.05) is 5.32 Å². The largest absolute Gasteiger partial charge is 0.335 e. The van der Waals surface area contributed by atoms with Crippen LogP contribution in [0, 0.1) is 17.6 Å². The van der Waals surface area contributed by atoms with Crippen LogP contribution in [0.25, 0.3) is 55.8 Å². The fraction of sp³-hybridized carbons (Fsp3) is 0.172. The van der Waals surface area contributed by atoms with Crippen LogP contribution in [0.15, 0.2) is 61.3 Å². The molecular weight excluding hydrogens is 514 g/mol. The Bertz CT molecular complexity index is 1910. The molecule has 7 rings (SSSR count). The number of benzene rings is 1. The summed E-state index contributed by atoms with van der Waals surface area (Å²) in [6, 6.07) is 7.83. The molecule has 0 saturated heterocycles. The minimum absolute atomic E-state index is 0.0104. The van der Waals surface area contributed by atoms with Crippen LogP contribution in [-0.4, -0.2) is 41.0 Å². The highest BCUT2D eigenvalue weighted by Crippen LogP contribution is 2.35. The average Bonchev–Trinajstić information content (AvgIpc) is 3.73. The first-order valence-corrected chi connectivity index (χ1v) is 12.9. The molecule has 9 nitrogen and oxygen atoms in total. The number of nitrogens with one attached hydrogen (secondary N) is 3. The van der Waals surface area contributed by atoms with E-state index in [1.807, 2.05) is 0 Å². The smallest absolute Gasteiger partial charge is 0.227 e. The molecule has 6 aromatic rings. The zero-order valence-electron chi connectivity index (χ0n) is 21.1. The maximum absolute atomic E-state index is 16.1. The van der Waals surface area contributed by atoms with Crippen LogP contribution < -0.4 is 5.32 Å². The maximum atomic E-state index is 16.1. The first-order chi connectivity index (χ1) is 19.5. The number of anilines is 1. The van der Waals surface area contributed by atoms with Gasteiger partial charge in [0.05, 0.1) is 46.2 Å². The molecule has 0 atom stereocenters. The zero-order chi connectivity index (χ0) is 27.2. The predicted molar refractivity (Wildman–Crippen MR) is 146 cm³/mol. The highest BCUT2D eigenvalue weighted by molar-refractivity contribution is 5.98. The van der Waals surface area contributed by atoms with Gasteiger partial charge in [-0.15, -0.1) is 0 Å². The summed E-state index contributed by atoms with van der Waals surface area (Å²) < 4.78 is 30.0. The van der Waals surface area contributed by atoms with Crippen LogP contribution in [0.4, 0.5) is 14.5 Å². The van der Waals surface area contributed by atoms with E-state index in [0.29, 0.717) is 44.8 Å². The molecule has 0 unspecified atom stereocenters. The summed E-state index contributed by atoms with van der Waals surface area (Å²) in [4.78, 5) is 33.2. The van der Waals surface area contributed by atoms with Crippen molar-refractivity contribution in [3.63, 3.8) is 0 Å². The molecule has 40 heavy (non-hydrogen) atoms. The van der Waals surface area contributed by atoms with Gasteiger partial charge in [0.25, 0.3) is 0 Å². The number of aromatic nitrogens is 7. The number of hydrogen-bond acceptors (Lipinski definition) is 6. The molecule has 5 aromatic heterocycles. The Morgan fingerprint density at radius 2 is 1.77 bits per heavy atom. The van der Waals surface area contributed by atoms with E-state index in [1.54, 1.807) is 30.6 Å². The molecule has 1 aliphatic carbocycles. The van der Waals surface area contributed by atoms with Crippen molar-refractivity contribution in [3.05, 3.63) is 73.0 Å². The molecule has 0 bridgehead atoms. The second-order valence-electron chi connectivity index (χ2n) is 9.89. The Morgan fingerprint density at radius 3 is 2.62 bits per heavy atom. The number of halogens is 2. The number of fused-ring (bicyclic) bond motifs is 2. The van der Waals surface area contributed by atoms with Gasteiger partial charge in [0.1, 0.15) is 17.2 Å². The lowest BCUT2D eigenvalue weighted by atomic mass is 10.1. The summed E-state index contributed by atoms with van der Waals surface area (Å²) in [6.45, 7) is 0. The molecule has 1 saturated carbocycles. The van der Waals surface area contributed by atoms with Crippen LogP contribution in [0.5, 0.6) is 0 Å². The summed E-state index contributed by atoms with van der Waals surface area (Å²) in [5.41, 5.74) is 4.01. The van der Waals surface area contributed by atoms with Gasteiger partial charge in [-0.3, -0.25) is 24.8 Å². The molecule has 1 aliphatic rings. The Kier molecular flexibility index (Phi) is 5.76. The third kappa shape index (κ3) is 4.15. The number of rotatable bonds is 5. The summed E-state index contributed by atoms with van der Waals surface area (Å²) in [5, 5.41) is 10.2. The lowest BCUT2D eigenvalue weighted by Gasteiger charge is -2.11. The minimum Gasteiger partial charge on any atom is -0.335 e. The number of aromatic amines is 2. The molecule has 0 radical (unpaired) electrons. The van der Waals surface area contributed by atoms with Gasteiger partial charge in [0.2, 0.25) is 5.91 Å². The number of H-pyrrole nitrogens is 2. The van der Waals surface area contributed by atoms with Crippen molar-refractivity contribution in [1.82, 2.24) is 35.1 Å². The maximum Gasteiger partial charge on any atom is 0.227 e. The van der Waals surface area contributed by atoms with Gasteiger partial charge in [-0.2, -0.15) is 5.10 Å². The fourth-order valence-electron chi connectivity index (χ4n) is 5.33. The van der Waals surface area contributed by atoms with Crippen molar-refractivity contribution < 1.29 is 13.6 Å². The topological polar surface area (TPSA) is 125 Å². The molecule has 0 spiro atoms. The average molecular weight is 537 g/mol. The number of carbonyl (C=O) groups is 1. The highest BCUT2D eigenvalue weighted by Gasteiger charge is 2.24. The van der Waals surface area contributed by atoms with Crippen molar-refractivity contribution in [2.45, 2.75) is 25.7 Å². The molecule has 11 heteroatoms. The molecular formula is C29H22F2N8O. The number of amides is 1. The Hall–Kier alpha value is -5.06. The van der Waals surface area contributed by atoms with Crippen LogP contribution >= 0.6 is 0 Å². The van der Waals surface area contributed by atoms with Gasteiger partial charge in [-0.05, 0) is 36.6 Å². The third-order valence-electron chi connectivity index (χ3n) is 7.30. The van der Waals surface area contributed by atoms with E-state index in [9.17, 15) is 9.18 Å². The van der Waals surface area contributed by atoms with Crippen LogP contribution in [0.3, 0.4) is 0 Å². The zero-order valence-corrected chi connectivity index (χ0v) is 21.1. The van der Waals surface area contributed by atoms with Gasteiger partial charge in [-0.25, -0.2) is 13.8 Å².